The van der Waals surface area contributed by atoms with Gasteiger partial charge in [0.05, 0.1) is 11.0 Å². The Labute approximate surface area is 149 Å². The Balaban J connectivity index is 1.32. The van der Waals surface area contributed by atoms with Crippen molar-refractivity contribution in [2.45, 2.75) is 57.4 Å². The van der Waals surface area contributed by atoms with Gasteiger partial charge in [-0.25, -0.2) is 4.98 Å². The van der Waals surface area contributed by atoms with Gasteiger partial charge in [-0.2, -0.15) is 0 Å². The van der Waals surface area contributed by atoms with Crippen molar-refractivity contribution in [2.75, 3.05) is 18.0 Å². The molecule has 2 aromatic rings. The van der Waals surface area contributed by atoms with Gasteiger partial charge in [0.1, 0.15) is 0 Å². The first-order valence-corrected chi connectivity index (χ1v) is 9.80. The Morgan fingerprint density at radius 3 is 2.48 bits per heavy atom. The van der Waals surface area contributed by atoms with Gasteiger partial charge in [-0.3, -0.25) is 4.79 Å². The highest BCUT2D eigenvalue weighted by molar-refractivity contribution is 5.80. The lowest BCUT2D eigenvalue weighted by Gasteiger charge is -2.32. The number of nitrogens with one attached hydrogen (secondary N) is 2. The van der Waals surface area contributed by atoms with Crippen LogP contribution in [0.5, 0.6) is 0 Å². The van der Waals surface area contributed by atoms with E-state index in [9.17, 15) is 4.79 Å². The third-order valence-electron chi connectivity index (χ3n) is 5.74. The average Bonchev–Trinajstić information content (AvgIpc) is 2.92. The van der Waals surface area contributed by atoms with E-state index < -0.39 is 0 Å². The highest BCUT2D eigenvalue weighted by Gasteiger charge is 2.27. The van der Waals surface area contributed by atoms with E-state index in [1.54, 1.807) is 0 Å². The smallest absolute Gasteiger partial charge is 0.223 e. The highest BCUT2D eigenvalue weighted by Crippen LogP contribution is 2.24. The highest BCUT2D eigenvalue weighted by atomic mass is 16.1. The molecule has 2 aliphatic rings. The second-order valence-electron chi connectivity index (χ2n) is 7.54. The van der Waals surface area contributed by atoms with Crippen molar-refractivity contribution in [3.63, 3.8) is 0 Å². The fourth-order valence-corrected chi connectivity index (χ4v) is 4.19. The Morgan fingerprint density at radius 1 is 1.04 bits per heavy atom. The number of piperidine rings is 1. The number of aromatic amines is 1. The van der Waals surface area contributed by atoms with Crippen molar-refractivity contribution in [3.05, 3.63) is 24.3 Å². The van der Waals surface area contributed by atoms with E-state index in [1.165, 1.54) is 25.7 Å². The lowest BCUT2D eigenvalue weighted by Crippen LogP contribution is -2.44. The molecule has 1 amide bonds. The minimum Gasteiger partial charge on any atom is -0.353 e. The summed E-state index contributed by atoms with van der Waals surface area (Å²) < 4.78 is 0. The molecule has 0 unspecified atom stereocenters. The van der Waals surface area contributed by atoms with E-state index >= 15 is 0 Å². The van der Waals surface area contributed by atoms with Gasteiger partial charge in [0, 0.05) is 25.0 Å². The normalized spacial score (nSPS) is 20.6. The number of fused-ring (bicyclic) bond motifs is 1. The number of carbonyl (C=O) groups is 1. The predicted molar refractivity (Wildman–Crippen MR) is 101 cm³/mol. The molecule has 0 spiro atoms. The molecule has 25 heavy (non-hydrogen) atoms. The van der Waals surface area contributed by atoms with Gasteiger partial charge in [-0.05, 0) is 37.8 Å². The molecule has 1 aliphatic heterocycles. The van der Waals surface area contributed by atoms with Gasteiger partial charge in [-0.15, -0.1) is 0 Å². The molecule has 0 atom stereocenters. The monoisotopic (exact) mass is 340 g/mol. The Bertz CT molecular complexity index is 676. The Kier molecular flexibility index (Phi) is 4.90. The number of carbonyl (C=O) groups excluding carboxylic acids is 1. The number of rotatable bonds is 3. The fraction of sp³-hybridized carbons (Fsp3) is 0.600. The summed E-state index contributed by atoms with van der Waals surface area (Å²) in [5, 5.41) is 3.32. The van der Waals surface area contributed by atoms with Gasteiger partial charge in [0.25, 0.3) is 0 Å². The molecule has 1 saturated heterocycles. The van der Waals surface area contributed by atoms with E-state index in [4.69, 9.17) is 0 Å². The summed E-state index contributed by atoms with van der Waals surface area (Å²) >= 11 is 0. The zero-order chi connectivity index (χ0) is 17.1. The SMILES string of the molecule is O=C(NC1CCCCCC1)C1CCN(c2nc3ccccc3[nH]2)CC1. The molecule has 134 valence electrons. The van der Waals surface area contributed by atoms with Crippen molar-refractivity contribution >= 4 is 22.9 Å². The standard InChI is InChI=1S/C20H28N4O/c25-19(21-16-7-3-1-2-4-8-16)15-11-13-24(14-12-15)20-22-17-9-5-6-10-18(17)23-20/h5-6,9-10,15-16H,1-4,7-8,11-14H2,(H,21,25)(H,22,23). The van der Waals surface area contributed by atoms with Crippen LogP contribution in [0.15, 0.2) is 24.3 Å². The zero-order valence-electron chi connectivity index (χ0n) is 14.8. The summed E-state index contributed by atoms with van der Waals surface area (Å²) in [6.45, 7) is 1.78. The molecule has 5 nitrogen and oxygen atoms in total. The number of H-pyrrole nitrogens is 1. The molecular weight excluding hydrogens is 312 g/mol. The van der Waals surface area contributed by atoms with Crippen LogP contribution in [-0.2, 0) is 4.79 Å². The van der Waals surface area contributed by atoms with Crippen molar-refractivity contribution in [3.8, 4) is 0 Å². The van der Waals surface area contributed by atoms with Crippen molar-refractivity contribution in [1.82, 2.24) is 15.3 Å². The summed E-state index contributed by atoms with van der Waals surface area (Å²) in [4.78, 5) is 23.0. The van der Waals surface area contributed by atoms with E-state index in [1.807, 2.05) is 18.2 Å². The van der Waals surface area contributed by atoms with Crippen LogP contribution in [-0.4, -0.2) is 35.0 Å². The third-order valence-corrected chi connectivity index (χ3v) is 5.74. The maximum absolute atomic E-state index is 12.6. The largest absolute Gasteiger partial charge is 0.353 e. The van der Waals surface area contributed by atoms with Crippen molar-refractivity contribution < 1.29 is 4.79 Å². The minimum atomic E-state index is 0.156. The summed E-state index contributed by atoms with van der Waals surface area (Å²) in [6, 6.07) is 8.52. The van der Waals surface area contributed by atoms with Crippen LogP contribution in [0.2, 0.25) is 0 Å². The lowest BCUT2D eigenvalue weighted by atomic mass is 9.95. The third kappa shape index (κ3) is 3.80. The van der Waals surface area contributed by atoms with Crippen molar-refractivity contribution in [2.24, 2.45) is 5.92 Å². The van der Waals surface area contributed by atoms with Crippen LogP contribution in [0.25, 0.3) is 11.0 Å². The van der Waals surface area contributed by atoms with Gasteiger partial charge in [0.2, 0.25) is 11.9 Å². The topological polar surface area (TPSA) is 61.0 Å². The zero-order valence-corrected chi connectivity index (χ0v) is 14.8. The van der Waals surface area contributed by atoms with Gasteiger partial charge >= 0.3 is 0 Å². The second-order valence-corrected chi connectivity index (χ2v) is 7.54. The Hall–Kier alpha value is -2.04. The number of imidazole rings is 1. The first-order chi connectivity index (χ1) is 12.3. The molecule has 4 rings (SSSR count). The van der Waals surface area contributed by atoms with E-state index in [0.29, 0.717) is 6.04 Å². The molecule has 5 heteroatoms. The van der Waals surface area contributed by atoms with Crippen LogP contribution >= 0.6 is 0 Å². The number of benzene rings is 1. The summed E-state index contributed by atoms with van der Waals surface area (Å²) in [5.74, 6) is 1.36. The molecule has 1 aromatic heterocycles. The molecule has 1 aromatic carbocycles. The first-order valence-electron chi connectivity index (χ1n) is 9.80. The maximum Gasteiger partial charge on any atom is 0.223 e. The van der Waals surface area contributed by atoms with Crippen molar-refractivity contribution in [1.29, 1.82) is 0 Å². The van der Waals surface area contributed by atoms with Crippen LogP contribution in [0.1, 0.15) is 51.4 Å². The summed E-state index contributed by atoms with van der Waals surface area (Å²) in [5.41, 5.74) is 2.08. The predicted octanol–water partition coefficient (Wildman–Crippen LogP) is 3.62. The number of aromatic nitrogens is 2. The second kappa shape index (κ2) is 7.46. The molecule has 0 radical (unpaired) electrons. The molecule has 2 N–H and O–H groups in total. The van der Waals surface area contributed by atoms with E-state index in [-0.39, 0.29) is 11.8 Å². The first kappa shape index (κ1) is 16.4. The van der Waals surface area contributed by atoms with E-state index in [0.717, 1.165) is 55.8 Å². The average molecular weight is 340 g/mol. The van der Waals surface area contributed by atoms with Crippen LogP contribution in [0.4, 0.5) is 5.95 Å². The number of anilines is 1. The molecule has 1 saturated carbocycles. The number of nitrogens with zero attached hydrogens (tertiary/aromatic N) is 2. The quantitative estimate of drug-likeness (QED) is 0.839. The van der Waals surface area contributed by atoms with Crippen LogP contribution < -0.4 is 10.2 Å². The van der Waals surface area contributed by atoms with Gasteiger partial charge in [0.15, 0.2) is 0 Å². The van der Waals surface area contributed by atoms with Gasteiger partial charge in [-0.1, -0.05) is 37.8 Å². The van der Waals surface area contributed by atoms with Crippen LogP contribution in [0.3, 0.4) is 0 Å². The molecule has 1 aliphatic carbocycles. The molecule has 2 fully saturated rings. The molecule has 2 heterocycles. The molecule has 0 bridgehead atoms. The Morgan fingerprint density at radius 2 is 1.76 bits per heavy atom. The molecular formula is C20H28N4O. The van der Waals surface area contributed by atoms with Crippen LogP contribution in [0, 0.1) is 5.92 Å². The number of hydrogen-bond acceptors (Lipinski definition) is 3. The summed E-state index contributed by atoms with van der Waals surface area (Å²) in [6.07, 6.45) is 9.30. The summed E-state index contributed by atoms with van der Waals surface area (Å²) in [7, 11) is 0. The van der Waals surface area contributed by atoms with Gasteiger partial charge < -0.3 is 15.2 Å². The lowest BCUT2D eigenvalue weighted by molar-refractivity contribution is -0.126. The minimum absolute atomic E-state index is 0.156. The number of amides is 1. The fourth-order valence-electron chi connectivity index (χ4n) is 4.19. The number of para-hydroxylation sites is 2. The number of hydrogen-bond donors (Lipinski definition) is 2. The van der Waals surface area contributed by atoms with E-state index in [2.05, 4.69) is 26.3 Å². The maximum atomic E-state index is 12.6.